The monoisotopic (exact) mass is 210 g/mol. The number of rotatable bonds is 6. The highest BCUT2D eigenvalue weighted by molar-refractivity contribution is 5.29. The van der Waals surface area contributed by atoms with Crippen LogP contribution in [0.5, 0.6) is 5.75 Å². The first-order chi connectivity index (χ1) is 7.24. The van der Waals surface area contributed by atoms with Gasteiger partial charge in [0.05, 0.1) is 12.7 Å². The van der Waals surface area contributed by atoms with E-state index < -0.39 is 6.10 Å². The van der Waals surface area contributed by atoms with E-state index in [-0.39, 0.29) is 0 Å². The van der Waals surface area contributed by atoms with Gasteiger partial charge in [-0.05, 0) is 24.6 Å². The summed E-state index contributed by atoms with van der Waals surface area (Å²) >= 11 is 0. The van der Waals surface area contributed by atoms with Crippen molar-refractivity contribution in [1.29, 1.82) is 0 Å². The van der Waals surface area contributed by atoms with Crippen molar-refractivity contribution in [3.05, 3.63) is 29.8 Å². The van der Waals surface area contributed by atoms with E-state index in [2.05, 4.69) is 0 Å². The summed E-state index contributed by atoms with van der Waals surface area (Å²) in [6.07, 6.45) is 0.419. The van der Waals surface area contributed by atoms with E-state index >= 15 is 0 Å². The van der Waals surface area contributed by atoms with Gasteiger partial charge in [0, 0.05) is 20.1 Å². The summed E-state index contributed by atoms with van der Waals surface area (Å²) in [4.78, 5) is 0. The Labute approximate surface area is 90.6 Å². The molecule has 0 unspecified atom stereocenters. The van der Waals surface area contributed by atoms with Gasteiger partial charge >= 0.3 is 0 Å². The lowest BCUT2D eigenvalue weighted by molar-refractivity contribution is 0.171. The first-order valence-electron chi connectivity index (χ1n) is 5.14. The number of methoxy groups -OCH3 is 1. The van der Waals surface area contributed by atoms with Crippen LogP contribution in [0.2, 0.25) is 0 Å². The van der Waals surface area contributed by atoms with Crippen molar-refractivity contribution in [3.8, 4) is 5.75 Å². The Morgan fingerprint density at radius 2 is 2.13 bits per heavy atom. The van der Waals surface area contributed by atoms with Gasteiger partial charge in [-0.1, -0.05) is 12.1 Å². The predicted octanol–water partition coefficient (Wildman–Crippen LogP) is 2.16. The maximum Gasteiger partial charge on any atom is 0.119 e. The highest BCUT2D eigenvalue weighted by atomic mass is 16.5. The lowest BCUT2D eigenvalue weighted by atomic mass is 10.1. The molecular weight excluding hydrogens is 192 g/mol. The molecule has 0 radical (unpaired) electrons. The summed E-state index contributed by atoms with van der Waals surface area (Å²) in [6.45, 7) is 3.08. The van der Waals surface area contributed by atoms with Crippen LogP contribution in [0.3, 0.4) is 0 Å². The summed E-state index contributed by atoms with van der Waals surface area (Å²) in [5, 5.41) is 9.38. The van der Waals surface area contributed by atoms with E-state index in [1.807, 2.05) is 24.3 Å². The van der Waals surface area contributed by atoms with Crippen molar-refractivity contribution in [2.45, 2.75) is 19.4 Å². The molecule has 15 heavy (non-hydrogen) atoms. The third kappa shape index (κ3) is 4.32. The molecule has 0 saturated carbocycles. The summed E-state index contributed by atoms with van der Waals surface area (Å²) in [5.74, 6) is 0.796. The SMILES string of the molecule is COCCCOc1cccc([C@@H](C)O)c1. The highest BCUT2D eigenvalue weighted by Gasteiger charge is 2.01. The Hall–Kier alpha value is -1.06. The average molecular weight is 210 g/mol. The van der Waals surface area contributed by atoms with Gasteiger partial charge in [0.1, 0.15) is 5.75 Å². The molecule has 84 valence electrons. The number of aliphatic hydroxyl groups is 1. The summed E-state index contributed by atoms with van der Waals surface area (Å²) in [5.41, 5.74) is 0.874. The molecule has 0 amide bonds. The largest absolute Gasteiger partial charge is 0.493 e. The molecule has 1 aromatic rings. The normalized spacial score (nSPS) is 12.5. The van der Waals surface area contributed by atoms with Crippen molar-refractivity contribution in [2.24, 2.45) is 0 Å². The zero-order chi connectivity index (χ0) is 11.1. The van der Waals surface area contributed by atoms with Crippen LogP contribution in [0.15, 0.2) is 24.3 Å². The number of benzene rings is 1. The first-order valence-corrected chi connectivity index (χ1v) is 5.14. The summed E-state index contributed by atoms with van der Waals surface area (Å²) < 4.78 is 10.4. The van der Waals surface area contributed by atoms with E-state index in [0.29, 0.717) is 13.2 Å². The fourth-order valence-corrected chi connectivity index (χ4v) is 1.26. The number of ether oxygens (including phenoxy) is 2. The van der Waals surface area contributed by atoms with Gasteiger partial charge < -0.3 is 14.6 Å². The Morgan fingerprint density at radius 1 is 1.33 bits per heavy atom. The third-order valence-electron chi connectivity index (χ3n) is 2.10. The van der Waals surface area contributed by atoms with Gasteiger partial charge in [-0.3, -0.25) is 0 Å². The quantitative estimate of drug-likeness (QED) is 0.731. The molecule has 0 aliphatic rings. The molecule has 3 nitrogen and oxygen atoms in total. The second kappa shape index (κ2) is 6.43. The summed E-state index contributed by atoms with van der Waals surface area (Å²) in [6, 6.07) is 7.51. The highest BCUT2D eigenvalue weighted by Crippen LogP contribution is 2.18. The van der Waals surface area contributed by atoms with E-state index in [1.54, 1.807) is 14.0 Å². The lowest BCUT2D eigenvalue weighted by Gasteiger charge is -2.09. The molecular formula is C12H18O3. The first kappa shape index (κ1) is 12.0. The van der Waals surface area contributed by atoms with E-state index in [0.717, 1.165) is 17.7 Å². The van der Waals surface area contributed by atoms with E-state index in [4.69, 9.17) is 9.47 Å². The molecule has 1 atom stereocenters. The molecule has 0 fully saturated rings. The molecule has 0 aliphatic heterocycles. The van der Waals surface area contributed by atoms with Crippen LogP contribution in [0.4, 0.5) is 0 Å². The standard InChI is InChI=1S/C12H18O3/c1-10(13)11-5-3-6-12(9-11)15-8-4-7-14-2/h3,5-6,9-10,13H,4,7-8H2,1-2H3/t10-/m1/s1. The van der Waals surface area contributed by atoms with E-state index in [9.17, 15) is 5.11 Å². The smallest absolute Gasteiger partial charge is 0.119 e. The zero-order valence-corrected chi connectivity index (χ0v) is 9.27. The lowest BCUT2D eigenvalue weighted by Crippen LogP contribution is -2.01. The van der Waals surface area contributed by atoms with Crippen molar-refractivity contribution < 1.29 is 14.6 Å². The Bertz CT molecular complexity index is 284. The van der Waals surface area contributed by atoms with Crippen molar-refractivity contribution in [1.82, 2.24) is 0 Å². The minimum Gasteiger partial charge on any atom is -0.493 e. The van der Waals surface area contributed by atoms with Gasteiger partial charge in [-0.15, -0.1) is 0 Å². The summed E-state index contributed by atoms with van der Waals surface area (Å²) in [7, 11) is 1.67. The molecule has 0 aromatic heterocycles. The fraction of sp³-hybridized carbons (Fsp3) is 0.500. The Balaban J connectivity index is 2.43. The zero-order valence-electron chi connectivity index (χ0n) is 9.27. The Kier molecular flexibility index (Phi) is 5.15. The molecule has 0 aliphatic carbocycles. The van der Waals surface area contributed by atoms with Crippen LogP contribution >= 0.6 is 0 Å². The Morgan fingerprint density at radius 3 is 2.80 bits per heavy atom. The van der Waals surface area contributed by atoms with Gasteiger partial charge in [-0.25, -0.2) is 0 Å². The average Bonchev–Trinajstić information content (AvgIpc) is 2.25. The van der Waals surface area contributed by atoms with Crippen LogP contribution in [0.25, 0.3) is 0 Å². The van der Waals surface area contributed by atoms with Gasteiger partial charge in [0.25, 0.3) is 0 Å². The third-order valence-corrected chi connectivity index (χ3v) is 2.10. The van der Waals surface area contributed by atoms with Gasteiger partial charge in [-0.2, -0.15) is 0 Å². The molecule has 1 aromatic carbocycles. The van der Waals surface area contributed by atoms with Crippen LogP contribution in [-0.2, 0) is 4.74 Å². The molecule has 0 bridgehead atoms. The van der Waals surface area contributed by atoms with Crippen LogP contribution < -0.4 is 4.74 Å². The second-order valence-corrected chi connectivity index (χ2v) is 3.44. The molecule has 1 rings (SSSR count). The minimum atomic E-state index is -0.451. The molecule has 0 saturated heterocycles. The topological polar surface area (TPSA) is 38.7 Å². The van der Waals surface area contributed by atoms with Crippen molar-refractivity contribution in [3.63, 3.8) is 0 Å². The maximum atomic E-state index is 9.38. The number of aliphatic hydroxyl groups excluding tert-OH is 1. The van der Waals surface area contributed by atoms with Crippen molar-refractivity contribution >= 4 is 0 Å². The predicted molar refractivity (Wildman–Crippen MR) is 59.1 cm³/mol. The van der Waals surface area contributed by atoms with Gasteiger partial charge in [0.2, 0.25) is 0 Å². The number of hydrogen-bond acceptors (Lipinski definition) is 3. The molecule has 0 spiro atoms. The molecule has 3 heteroatoms. The van der Waals surface area contributed by atoms with Crippen LogP contribution in [-0.4, -0.2) is 25.4 Å². The second-order valence-electron chi connectivity index (χ2n) is 3.44. The van der Waals surface area contributed by atoms with Gasteiger partial charge in [0.15, 0.2) is 0 Å². The molecule has 0 heterocycles. The van der Waals surface area contributed by atoms with Crippen molar-refractivity contribution in [2.75, 3.05) is 20.3 Å². The van der Waals surface area contributed by atoms with Crippen LogP contribution in [0.1, 0.15) is 25.0 Å². The number of hydrogen-bond donors (Lipinski definition) is 1. The fourth-order valence-electron chi connectivity index (χ4n) is 1.26. The van der Waals surface area contributed by atoms with E-state index in [1.165, 1.54) is 0 Å². The minimum absolute atomic E-state index is 0.451. The maximum absolute atomic E-state index is 9.38. The molecule has 1 N–H and O–H groups in total. The van der Waals surface area contributed by atoms with Crippen LogP contribution in [0, 0.1) is 0 Å².